The van der Waals surface area contributed by atoms with Crippen LogP contribution < -0.4 is 0 Å². The highest BCUT2D eigenvalue weighted by Crippen LogP contribution is 2.33. The lowest BCUT2D eigenvalue weighted by Crippen LogP contribution is -2.13. The molecule has 0 heterocycles. The van der Waals surface area contributed by atoms with Crippen LogP contribution in [-0.4, -0.2) is 0 Å². The van der Waals surface area contributed by atoms with Crippen molar-refractivity contribution in [3.63, 3.8) is 0 Å². The van der Waals surface area contributed by atoms with Gasteiger partial charge in [-0.3, -0.25) is 0 Å². The molecule has 0 saturated heterocycles. The number of hydrogen-bond acceptors (Lipinski definition) is 0. The van der Waals surface area contributed by atoms with E-state index >= 15 is 0 Å². The minimum Gasteiger partial charge on any atom is -0.0851 e. The molecule has 102 valence electrons. The molecule has 2 aliphatic carbocycles. The Balaban J connectivity index is 1.71. The fourth-order valence-electron chi connectivity index (χ4n) is 3.55. The third kappa shape index (κ3) is 4.30. The van der Waals surface area contributed by atoms with Crippen molar-refractivity contribution < 1.29 is 0 Å². The molecule has 18 heavy (non-hydrogen) atoms. The second-order valence-electron chi connectivity index (χ2n) is 6.54. The quantitative estimate of drug-likeness (QED) is 0.542. The Bertz CT molecular complexity index is 289. The molecule has 1 atom stereocenters. The van der Waals surface area contributed by atoms with E-state index in [2.05, 4.69) is 32.1 Å². The summed E-state index contributed by atoms with van der Waals surface area (Å²) in [5.41, 5.74) is 1.60. The van der Waals surface area contributed by atoms with Crippen LogP contribution in [0.3, 0.4) is 0 Å². The van der Waals surface area contributed by atoms with Crippen molar-refractivity contribution in [2.75, 3.05) is 0 Å². The molecule has 0 aliphatic heterocycles. The number of rotatable bonds is 4. The maximum absolute atomic E-state index is 2.56. The van der Waals surface area contributed by atoms with Crippen LogP contribution in [0.2, 0.25) is 0 Å². The third-order valence-corrected chi connectivity index (χ3v) is 4.92. The van der Waals surface area contributed by atoms with Gasteiger partial charge in [0.1, 0.15) is 0 Å². The first-order valence-electron chi connectivity index (χ1n) is 8.12. The minimum atomic E-state index is 0.835. The lowest BCUT2D eigenvalue weighted by atomic mass is 9.79. The Morgan fingerprint density at radius 3 is 2.39 bits per heavy atom. The van der Waals surface area contributed by atoms with Gasteiger partial charge in [-0.1, -0.05) is 43.6 Å². The molecule has 0 bridgehead atoms. The van der Waals surface area contributed by atoms with Crippen molar-refractivity contribution in [2.45, 2.75) is 71.6 Å². The molecule has 1 saturated carbocycles. The molecule has 0 radical (unpaired) electrons. The normalized spacial score (nSPS) is 33.7. The smallest absolute Gasteiger partial charge is 0.0196 e. The van der Waals surface area contributed by atoms with Gasteiger partial charge >= 0.3 is 0 Å². The summed E-state index contributed by atoms with van der Waals surface area (Å²) < 4.78 is 0. The molecule has 0 nitrogen and oxygen atoms in total. The first-order chi connectivity index (χ1) is 8.78. The molecule has 2 aliphatic rings. The van der Waals surface area contributed by atoms with Gasteiger partial charge in [0.2, 0.25) is 0 Å². The van der Waals surface area contributed by atoms with Gasteiger partial charge in [0.05, 0.1) is 0 Å². The Morgan fingerprint density at radius 1 is 1.06 bits per heavy atom. The Hall–Kier alpha value is -0.520. The lowest BCUT2D eigenvalue weighted by molar-refractivity contribution is 0.293. The summed E-state index contributed by atoms with van der Waals surface area (Å²) >= 11 is 0. The third-order valence-electron chi connectivity index (χ3n) is 4.92. The molecule has 1 unspecified atom stereocenters. The van der Waals surface area contributed by atoms with Crippen LogP contribution in [0.25, 0.3) is 0 Å². The Morgan fingerprint density at radius 2 is 1.78 bits per heavy atom. The SMILES string of the molecule is CCCC1CCC(/C=C/C2CC=C(C)CC2)CC1. The van der Waals surface area contributed by atoms with Gasteiger partial charge in [-0.15, -0.1) is 0 Å². The van der Waals surface area contributed by atoms with E-state index in [4.69, 9.17) is 0 Å². The second-order valence-corrected chi connectivity index (χ2v) is 6.54. The molecule has 0 N–H and O–H groups in total. The maximum Gasteiger partial charge on any atom is -0.0196 e. The first kappa shape index (κ1) is 13.9. The lowest BCUT2D eigenvalue weighted by Gasteiger charge is -2.27. The Kier molecular flexibility index (Phi) is 5.53. The van der Waals surface area contributed by atoms with Crippen LogP contribution in [0, 0.1) is 17.8 Å². The average Bonchev–Trinajstić information content (AvgIpc) is 2.40. The van der Waals surface area contributed by atoms with Gasteiger partial charge in [-0.05, 0) is 69.6 Å². The highest BCUT2D eigenvalue weighted by atomic mass is 14.2. The van der Waals surface area contributed by atoms with Gasteiger partial charge in [0, 0.05) is 0 Å². The van der Waals surface area contributed by atoms with Gasteiger partial charge in [0.15, 0.2) is 0 Å². The van der Waals surface area contributed by atoms with Crippen molar-refractivity contribution in [2.24, 2.45) is 17.8 Å². The first-order valence-corrected chi connectivity index (χ1v) is 8.12. The summed E-state index contributed by atoms with van der Waals surface area (Å²) in [5.74, 6) is 2.77. The van der Waals surface area contributed by atoms with Crippen LogP contribution in [0.4, 0.5) is 0 Å². The number of hydrogen-bond donors (Lipinski definition) is 0. The van der Waals surface area contributed by atoms with Crippen molar-refractivity contribution in [1.29, 1.82) is 0 Å². The molecule has 0 heteroatoms. The molecule has 0 spiro atoms. The van der Waals surface area contributed by atoms with E-state index in [9.17, 15) is 0 Å². The molecule has 0 aromatic carbocycles. The summed E-state index contributed by atoms with van der Waals surface area (Å²) in [4.78, 5) is 0. The largest absolute Gasteiger partial charge is 0.0851 e. The molecular weight excluding hydrogens is 216 g/mol. The molecule has 0 amide bonds. The van der Waals surface area contributed by atoms with Crippen molar-refractivity contribution in [3.05, 3.63) is 23.8 Å². The van der Waals surface area contributed by atoms with E-state index in [-0.39, 0.29) is 0 Å². The molecule has 0 aromatic rings. The highest BCUT2D eigenvalue weighted by Gasteiger charge is 2.19. The van der Waals surface area contributed by atoms with Gasteiger partial charge < -0.3 is 0 Å². The van der Waals surface area contributed by atoms with Crippen LogP contribution >= 0.6 is 0 Å². The highest BCUT2D eigenvalue weighted by molar-refractivity contribution is 5.07. The van der Waals surface area contributed by atoms with Crippen LogP contribution in [-0.2, 0) is 0 Å². The van der Waals surface area contributed by atoms with Crippen LogP contribution in [0.15, 0.2) is 23.8 Å². The summed E-state index contributed by atoms with van der Waals surface area (Å²) in [6.07, 6.45) is 20.2. The molecule has 1 fully saturated rings. The zero-order valence-corrected chi connectivity index (χ0v) is 12.3. The monoisotopic (exact) mass is 246 g/mol. The van der Waals surface area contributed by atoms with E-state index in [1.165, 1.54) is 57.8 Å². The van der Waals surface area contributed by atoms with E-state index < -0.39 is 0 Å². The minimum absolute atomic E-state index is 0.835. The van der Waals surface area contributed by atoms with Crippen molar-refractivity contribution in [3.8, 4) is 0 Å². The average molecular weight is 246 g/mol. The van der Waals surface area contributed by atoms with Gasteiger partial charge in [0.25, 0.3) is 0 Å². The standard InChI is InChI=1S/C18H30/c1-3-4-16-9-11-18(12-10-16)14-13-17-7-5-15(2)6-8-17/h5,13-14,16-18H,3-4,6-12H2,1-2H3/b14-13+. The molecule has 0 aromatic heterocycles. The summed E-state index contributed by atoms with van der Waals surface area (Å²) in [6, 6.07) is 0. The topological polar surface area (TPSA) is 0 Å². The van der Waals surface area contributed by atoms with Crippen LogP contribution in [0.5, 0.6) is 0 Å². The van der Waals surface area contributed by atoms with Crippen molar-refractivity contribution in [1.82, 2.24) is 0 Å². The van der Waals surface area contributed by atoms with E-state index in [1.54, 1.807) is 5.57 Å². The fraction of sp³-hybridized carbons (Fsp3) is 0.778. The summed E-state index contributed by atoms with van der Waals surface area (Å²) in [5, 5.41) is 0. The van der Waals surface area contributed by atoms with Crippen molar-refractivity contribution >= 4 is 0 Å². The fourth-order valence-corrected chi connectivity index (χ4v) is 3.55. The Labute approximate surface area is 114 Å². The summed E-state index contributed by atoms with van der Waals surface area (Å²) in [6.45, 7) is 4.60. The summed E-state index contributed by atoms with van der Waals surface area (Å²) in [7, 11) is 0. The van der Waals surface area contributed by atoms with Gasteiger partial charge in [-0.2, -0.15) is 0 Å². The predicted octanol–water partition coefficient (Wildman–Crippen LogP) is 5.90. The van der Waals surface area contributed by atoms with E-state index in [0.717, 1.165) is 17.8 Å². The zero-order valence-electron chi connectivity index (χ0n) is 12.3. The zero-order chi connectivity index (χ0) is 12.8. The second kappa shape index (κ2) is 7.16. The van der Waals surface area contributed by atoms with Crippen LogP contribution in [0.1, 0.15) is 71.6 Å². The van der Waals surface area contributed by atoms with E-state index in [1.807, 2.05) is 0 Å². The predicted molar refractivity (Wildman–Crippen MR) is 80.6 cm³/mol. The maximum atomic E-state index is 2.56. The molecule has 2 rings (SSSR count). The van der Waals surface area contributed by atoms with Gasteiger partial charge in [-0.25, -0.2) is 0 Å². The molecular formula is C18H30. The number of allylic oxidation sites excluding steroid dienone is 4. The van der Waals surface area contributed by atoms with E-state index in [0.29, 0.717) is 0 Å².